The molecular weight excluding hydrogens is 341 g/mol. The Hall–Kier alpha value is -1.06. The number of halogens is 2. The highest BCUT2D eigenvalue weighted by molar-refractivity contribution is 6.36. The number of benzene rings is 2. The molecule has 24 heavy (non-hydrogen) atoms. The molecule has 128 valence electrons. The number of likely N-dealkylation sites (tertiary alicyclic amines) is 1. The van der Waals surface area contributed by atoms with Gasteiger partial charge in [-0.15, -0.1) is 0 Å². The van der Waals surface area contributed by atoms with Gasteiger partial charge in [-0.25, -0.2) is 0 Å². The predicted molar refractivity (Wildman–Crippen MR) is 101 cm³/mol. The molecule has 1 aliphatic heterocycles. The number of aliphatic hydroxyl groups is 1. The number of hydrogen-bond acceptors (Lipinski definition) is 2. The van der Waals surface area contributed by atoms with Crippen LogP contribution in [0.5, 0.6) is 0 Å². The Morgan fingerprint density at radius 2 is 1.58 bits per heavy atom. The number of rotatable bonds is 5. The molecule has 1 saturated heterocycles. The standard InChI is InChI=1S/C20H23Cl2NO/c1-15(14-23-12-5-6-13-23)20(24,16-8-3-2-4-9-16)19-17(21)10-7-11-18(19)22/h2-4,7-11,15,24H,5-6,12-14H2,1H3. The molecule has 2 aromatic rings. The van der Waals surface area contributed by atoms with E-state index < -0.39 is 5.60 Å². The number of nitrogens with zero attached hydrogens (tertiary/aromatic N) is 1. The molecule has 0 saturated carbocycles. The minimum absolute atomic E-state index is 0.0459. The Balaban J connectivity index is 2.07. The average molecular weight is 364 g/mol. The second kappa shape index (κ2) is 7.45. The lowest BCUT2D eigenvalue weighted by molar-refractivity contribution is 0.0106. The van der Waals surface area contributed by atoms with Gasteiger partial charge in [0.15, 0.2) is 0 Å². The minimum Gasteiger partial charge on any atom is -0.380 e. The third-order valence-corrected chi connectivity index (χ3v) is 5.63. The molecule has 2 atom stereocenters. The molecule has 1 aliphatic rings. The zero-order chi connectivity index (χ0) is 17.2. The van der Waals surface area contributed by atoms with E-state index in [1.54, 1.807) is 12.1 Å². The highest BCUT2D eigenvalue weighted by Crippen LogP contribution is 2.44. The maximum absolute atomic E-state index is 11.8. The maximum Gasteiger partial charge on any atom is 0.121 e. The summed E-state index contributed by atoms with van der Waals surface area (Å²) < 4.78 is 0. The van der Waals surface area contributed by atoms with E-state index in [0.29, 0.717) is 15.6 Å². The van der Waals surface area contributed by atoms with E-state index in [2.05, 4.69) is 11.8 Å². The fraction of sp³-hybridized carbons (Fsp3) is 0.400. The molecule has 0 bridgehead atoms. The van der Waals surface area contributed by atoms with Crippen molar-refractivity contribution in [3.05, 3.63) is 69.7 Å². The van der Waals surface area contributed by atoms with Crippen LogP contribution in [0.4, 0.5) is 0 Å². The summed E-state index contributed by atoms with van der Waals surface area (Å²) in [6, 6.07) is 15.1. The Morgan fingerprint density at radius 3 is 2.17 bits per heavy atom. The van der Waals surface area contributed by atoms with E-state index in [1.165, 1.54) is 12.8 Å². The Labute approximate surface area is 154 Å². The first-order valence-electron chi connectivity index (χ1n) is 8.48. The van der Waals surface area contributed by atoms with Gasteiger partial charge in [0.05, 0.1) is 0 Å². The van der Waals surface area contributed by atoms with Gasteiger partial charge in [0.25, 0.3) is 0 Å². The summed E-state index contributed by atoms with van der Waals surface area (Å²) in [5.41, 5.74) is 0.206. The molecule has 4 heteroatoms. The first-order chi connectivity index (χ1) is 11.5. The van der Waals surface area contributed by atoms with Crippen molar-refractivity contribution in [1.82, 2.24) is 4.90 Å². The van der Waals surface area contributed by atoms with Crippen LogP contribution >= 0.6 is 23.2 Å². The third-order valence-electron chi connectivity index (χ3n) is 5.00. The van der Waals surface area contributed by atoms with Crippen molar-refractivity contribution in [2.45, 2.75) is 25.4 Å². The monoisotopic (exact) mass is 363 g/mol. The summed E-state index contributed by atoms with van der Waals surface area (Å²) in [7, 11) is 0. The molecule has 0 amide bonds. The van der Waals surface area contributed by atoms with E-state index in [4.69, 9.17) is 23.2 Å². The molecule has 0 aromatic heterocycles. The Kier molecular flexibility index (Phi) is 5.51. The van der Waals surface area contributed by atoms with Crippen LogP contribution in [0.3, 0.4) is 0 Å². The average Bonchev–Trinajstić information content (AvgIpc) is 3.08. The second-order valence-electron chi connectivity index (χ2n) is 6.64. The third kappa shape index (κ3) is 3.34. The van der Waals surface area contributed by atoms with Crippen molar-refractivity contribution in [3.63, 3.8) is 0 Å². The van der Waals surface area contributed by atoms with Crippen molar-refractivity contribution >= 4 is 23.2 Å². The van der Waals surface area contributed by atoms with Crippen LogP contribution in [-0.4, -0.2) is 29.6 Å². The first kappa shape index (κ1) is 17.8. The fourth-order valence-electron chi connectivity index (χ4n) is 3.71. The molecular formula is C20H23Cl2NO. The highest BCUT2D eigenvalue weighted by atomic mass is 35.5. The van der Waals surface area contributed by atoms with Gasteiger partial charge in [-0.3, -0.25) is 0 Å². The maximum atomic E-state index is 11.8. The van der Waals surface area contributed by atoms with Crippen molar-refractivity contribution in [3.8, 4) is 0 Å². The van der Waals surface area contributed by atoms with Crippen molar-refractivity contribution < 1.29 is 5.11 Å². The van der Waals surface area contributed by atoms with Gasteiger partial charge in [-0.1, -0.05) is 66.5 Å². The SMILES string of the molecule is CC(CN1CCCC1)C(O)(c1ccccc1)c1c(Cl)cccc1Cl. The van der Waals surface area contributed by atoms with Crippen LogP contribution in [0, 0.1) is 5.92 Å². The van der Waals surface area contributed by atoms with Gasteiger partial charge in [0.2, 0.25) is 0 Å². The van der Waals surface area contributed by atoms with Crippen molar-refractivity contribution in [2.24, 2.45) is 5.92 Å². The highest BCUT2D eigenvalue weighted by Gasteiger charge is 2.41. The van der Waals surface area contributed by atoms with E-state index in [1.807, 2.05) is 36.4 Å². The lowest BCUT2D eigenvalue weighted by atomic mass is 9.76. The first-order valence-corrected chi connectivity index (χ1v) is 9.24. The lowest BCUT2D eigenvalue weighted by Gasteiger charge is -2.38. The Morgan fingerprint density at radius 1 is 1.00 bits per heavy atom. The lowest BCUT2D eigenvalue weighted by Crippen LogP contribution is -2.41. The summed E-state index contributed by atoms with van der Waals surface area (Å²) in [4.78, 5) is 2.41. The van der Waals surface area contributed by atoms with Gasteiger partial charge in [0, 0.05) is 28.1 Å². The van der Waals surface area contributed by atoms with Crippen LogP contribution in [0.25, 0.3) is 0 Å². The van der Waals surface area contributed by atoms with E-state index in [9.17, 15) is 5.11 Å². The minimum atomic E-state index is -1.22. The van der Waals surface area contributed by atoms with Gasteiger partial charge < -0.3 is 10.0 Å². The van der Waals surface area contributed by atoms with E-state index >= 15 is 0 Å². The Bertz CT molecular complexity index is 665. The molecule has 2 aromatic carbocycles. The molecule has 0 spiro atoms. The topological polar surface area (TPSA) is 23.5 Å². The number of hydrogen-bond donors (Lipinski definition) is 1. The summed E-state index contributed by atoms with van der Waals surface area (Å²) in [5, 5.41) is 12.9. The van der Waals surface area contributed by atoms with Crippen molar-refractivity contribution in [1.29, 1.82) is 0 Å². The van der Waals surface area contributed by atoms with Gasteiger partial charge in [-0.05, 0) is 43.6 Å². The molecule has 0 radical (unpaired) electrons. The molecule has 2 unspecified atom stereocenters. The molecule has 1 N–H and O–H groups in total. The molecule has 2 nitrogen and oxygen atoms in total. The van der Waals surface area contributed by atoms with E-state index in [0.717, 1.165) is 25.2 Å². The van der Waals surface area contributed by atoms with Crippen LogP contribution in [0.2, 0.25) is 10.0 Å². The van der Waals surface area contributed by atoms with Gasteiger partial charge >= 0.3 is 0 Å². The van der Waals surface area contributed by atoms with Crippen LogP contribution in [0.15, 0.2) is 48.5 Å². The zero-order valence-electron chi connectivity index (χ0n) is 13.9. The quantitative estimate of drug-likeness (QED) is 0.811. The van der Waals surface area contributed by atoms with Gasteiger partial charge in [0.1, 0.15) is 5.60 Å². The fourth-order valence-corrected chi connectivity index (χ4v) is 4.40. The zero-order valence-corrected chi connectivity index (χ0v) is 15.4. The van der Waals surface area contributed by atoms with Crippen molar-refractivity contribution in [2.75, 3.05) is 19.6 Å². The molecule has 1 heterocycles. The predicted octanol–water partition coefficient (Wildman–Crippen LogP) is 4.96. The normalized spacial score (nSPS) is 19.2. The largest absolute Gasteiger partial charge is 0.380 e. The van der Waals surface area contributed by atoms with E-state index in [-0.39, 0.29) is 5.92 Å². The van der Waals surface area contributed by atoms with Crippen LogP contribution in [0.1, 0.15) is 30.9 Å². The molecule has 0 aliphatic carbocycles. The summed E-state index contributed by atoms with van der Waals surface area (Å²) in [5.74, 6) is -0.0459. The summed E-state index contributed by atoms with van der Waals surface area (Å²) in [6.07, 6.45) is 2.45. The summed E-state index contributed by atoms with van der Waals surface area (Å²) in [6.45, 7) is 5.06. The van der Waals surface area contributed by atoms with Crippen LogP contribution < -0.4 is 0 Å². The van der Waals surface area contributed by atoms with Gasteiger partial charge in [-0.2, -0.15) is 0 Å². The second-order valence-corrected chi connectivity index (χ2v) is 7.45. The smallest absolute Gasteiger partial charge is 0.121 e. The van der Waals surface area contributed by atoms with Crippen LogP contribution in [-0.2, 0) is 5.60 Å². The summed E-state index contributed by atoms with van der Waals surface area (Å²) >= 11 is 12.9. The molecule has 3 rings (SSSR count). The molecule has 1 fully saturated rings.